The molecule has 0 aromatic heterocycles. The predicted octanol–water partition coefficient (Wildman–Crippen LogP) is 5.05. The molecule has 0 fully saturated rings. The molecule has 4 nitrogen and oxygen atoms in total. The molecule has 0 saturated heterocycles. The number of rotatable bonds is 5. The summed E-state index contributed by atoms with van der Waals surface area (Å²) in [5, 5.41) is 0. The monoisotopic (exact) mass is 468 g/mol. The van der Waals surface area contributed by atoms with Crippen LogP contribution in [0.3, 0.4) is 0 Å². The van der Waals surface area contributed by atoms with Gasteiger partial charge in [-0.15, -0.1) is 0 Å². The molecule has 0 N–H and O–H groups in total. The average Bonchev–Trinajstić information content (AvgIpc) is 2.61. The Bertz CT molecular complexity index is 940. The second kappa shape index (κ2) is 8.33. The van der Waals surface area contributed by atoms with Gasteiger partial charge in [0.2, 0.25) is 5.82 Å². The lowest BCUT2D eigenvalue weighted by Gasteiger charge is -2.34. The fourth-order valence-corrected chi connectivity index (χ4v) is 4.19. The van der Waals surface area contributed by atoms with Crippen LogP contribution in [-0.2, 0) is 19.3 Å². The van der Waals surface area contributed by atoms with Gasteiger partial charge < -0.3 is 9.47 Å². The Labute approximate surface area is 166 Å². The molecule has 13 heteroatoms. The molecule has 0 spiro atoms. The second-order valence-corrected chi connectivity index (χ2v) is 8.83. The van der Waals surface area contributed by atoms with Gasteiger partial charge in [0.25, 0.3) is 9.84 Å². The summed E-state index contributed by atoms with van der Waals surface area (Å²) in [5.41, 5.74) is -7.63. The van der Waals surface area contributed by atoms with Crippen molar-refractivity contribution in [2.24, 2.45) is 5.92 Å². The van der Waals surface area contributed by atoms with Gasteiger partial charge >= 0.3 is 5.51 Å². The predicted molar refractivity (Wildman–Crippen MR) is 86.9 cm³/mol. The Kier molecular flexibility index (Phi) is 6.77. The Morgan fingerprint density at radius 3 is 1.90 bits per heavy atom. The second-order valence-electron chi connectivity index (χ2n) is 6.92. The lowest BCUT2D eigenvalue weighted by molar-refractivity contribution is -0.136. The number of ether oxygens (including phenoxy) is 2. The zero-order chi connectivity index (χ0) is 23.2. The van der Waals surface area contributed by atoms with Crippen molar-refractivity contribution in [2.45, 2.75) is 44.9 Å². The van der Waals surface area contributed by atoms with E-state index in [4.69, 9.17) is 9.47 Å². The number of hydrogen-bond donors (Lipinski definition) is 0. The van der Waals surface area contributed by atoms with Crippen molar-refractivity contribution in [1.29, 1.82) is 0 Å². The van der Waals surface area contributed by atoms with Crippen LogP contribution in [-0.4, -0.2) is 26.8 Å². The van der Waals surface area contributed by atoms with E-state index >= 15 is 0 Å². The number of alkyl halides is 3. The first-order valence-electron chi connectivity index (χ1n) is 8.42. The van der Waals surface area contributed by atoms with E-state index in [0.717, 1.165) is 6.92 Å². The normalized spacial score (nSPS) is 20.7. The molecule has 30 heavy (non-hydrogen) atoms. The number of benzene rings is 1. The number of allylic oxidation sites excluding steroid dienone is 2. The van der Waals surface area contributed by atoms with E-state index in [1.54, 1.807) is 13.8 Å². The van der Waals surface area contributed by atoms with Crippen LogP contribution < -0.4 is 0 Å². The number of hydrogen-bond acceptors (Lipinski definition) is 4. The van der Waals surface area contributed by atoms with Crippen molar-refractivity contribution in [2.75, 3.05) is 6.61 Å². The first kappa shape index (κ1) is 24.4. The third-order valence-corrected chi connectivity index (χ3v) is 5.96. The molecule has 0 unspecified atom stereocenters. The molecule has 170 valence electrons. The summed E-state index contributed by atoms with van der Waals surface area (Å²) in [6, 6.07) is 0. The highest BCUT2D eigenvalue weighted by molar-refractivity contribution is 7.96. The minimum atomic E-state index is -6.24. The minimum absolute atomic E-state index is 0.0386. The van der Waals surface area contributed by atoms with Gasteiger partial charge in [0.1, 0.15) is 5.76 Å². The maximum absolute atomic E-state index is 14.3. The molecule has 2 atom stereocenters. The highest BCUT2D eigenvalue weighted by Crippen LogP contribution is 2.47. The van der Waals surface area contributed by atoms with E-state index in [1.165, 1.54) is 0 Å². The third kappa shape index (κ3) is 4.27. The molecule has 1 aromatic rings. The molecule has 0 saturated carbocycles. The molecule has 2 rings (SSSR count). The van der Waals surface area contributed by atoms with Crippen molar-refractivity contribution in [1.82, 2.24) is 0 Å². The fourth-order valence-electron chi connectivity index (χ4n) is 2.93. The van der Waals surface area contributed by atoms with Crippen LogP contribution in [0.15, 0.2) is 10.7 Å². The topological polar surface area (TPSA) is 52.6 Å². The lowest BCUT2D eigenvalue weighted by atomic mass is 9.91. The standard InChI is InChI=1S/C17H16F8O4S/c1-6(2)5-28-9-4-8(10-11(18)13(20)15(22)14(21)12(10)19)16(7(3)29-9)30(26,27)17(23,24)25/h6,8-9H,4-5H2,1-3H3/t8-,9+/m1/s1. The summed E-state index contributed by atoms with van der Waals surface area (Å²) < 4.78 is 143. The quantitative estimate of drug-likeness (QED) is 0.345. The number of halogens is 8. The smallest absolute Gasteiger partial charge is 0.469 e. The molecule has 0 amide bonds. The van der Waals surface area contributed by atoms with E-state index in [2.05, 4.69) is 0 Å². The Balaban J connectivity index is 2.76. The zero-order valence-electron chi connectivity index (χ0n) is 15.7. The molecule has 1 aliphatic heterocycles. The molecule has 0 bridgehead atoms. The SMILES string of the molecule is CC1=C(S(=O)(=O)C(F)(F)F)[C@@H](c2c(F)c(F)c(F)c(F)c2F)C[C@@H](OCC(C)C)O1. The molecule has 1 heterocycles. The Morgan fingerprint density at radius 1 is 1.00 bits per heavy atom. The third-order valence-electron chi connectivity index (χ3n) is 4.20. The van der Waals surface area contributed by atoms with Gasteiger partial charge in [0.15, 0.2) is 29.6 Å². The molecule has 1 aromatic carbocycles. The highest BCUT2D eigenvalue weighted by Gasteiger charge is 2.54. The van der Waals surface area contributed by atoms with Crippen molar-refractivity contribution in [3.05, 3.63) is 45.3 Å². The van der Waals surface area contributed by atoms with Crippen LogP contribution in [0.2, 0.25) is 0 Å². The van der Waals surface area contributed by atoms with E-state index in [1.807, 2.05) is 0 Å². The van der Waals surface area contributed by atoms with Gasteiger partial charge in [-0.05, 0) is 12.8 Å². The van der Waals surface area contributed by atoms with E-state index in [0.29, 0.717) is 0 Å². The molecular formula is C17H16F8O4S. The molecular weight excluding hydrogens is 452 g/mol. The van der Waals surface area contributed by atoms with Crippen LogP contribution >= 0.6 is 0 Å². The minimum Gasteiger partial charge on any atom is -0.469 e. The summed E-state index contributed by atoms with van der Waals surface area (Å²) in [5.74, 6) is -15.7. The van der Waals surface area contributed by atoms with Gasteiger partial charge in [-0.3, -0.25) is 0 Å². The van der Waals surface area contributed by atoms with Crippen molar-refractivity contribution >= 4 is 9.84 Å². The Morgan fingerprint density at radius 2 is 1.47 bits per heavy atom. The molecule has 0 aliphatic carbocycles. The van der Waals surface area contributed by atoms with Crippen LogP contribution in [0.5, 0.6) is 0 Å². The summed E-state index contributed by atoms with van der Waals surface area (Å²) in [4.78, 5) is -1.65. The van der Waals surface area contributed by atoms with Crippen LogP contribution in [0, 0.1) is 35.0 Å². The maximum Gasteiger partial charge on any atom is 0.501 e. The van der Waals surface area contributed by atoms with Gasteiger partial charge in [-0.1, -0.05) is 13.8 Å². The van der Waals surface area contributed by atoms with Crippen LogP contribution in [0.25, 0.3) is 0 Å². The van der Waals surface area contributed by atoms with E-state index in [9.17, 15) is 43.5 Å². The lowest BCUT2D eigenvalue weighted by Crippen LogP contribution is -2.36. The van der Waals surface area contributed by atoms with Gasteiger partial charge in [0.05, 0.1) is 11.5 Å². The zero-order valence-corrected chi connectivity index (χ0v) is 16.5. The molecule has 1 aliphatic rings. The van der Waals surface area contributed by atoms with Crippen molar-refractivity contribution in [3.63, 3.8) is 0 Å². The summed E-state index contributed by atoms with van der Waals surface area (Å²) in [7, 11) is -6.24. The highest BCUT2D eigenvalue weighted by atomic mass is 32.2. The summed E-state index contributed by atoms with van der Waals surface area (Å²) in [6.45, 7) is 4.10. The first-order valence-corrected chi connectivity index (χ1v) is 9.91. The van der Waals surface area contributed by atoms with Gasteiger partial charge in [-0.2, -0.15) is 13.2 Å². The fraction of sp³-hybridized carbons (Fsp3) is 0.529. The molecule has 0 radical (unpaired) electrons. The largest absolute Gasteiger partial charge is 0.501 e. The maximum atomic E-state index is 14.3. The van der Waals surface area contributed by atoms with E-state index < -0.39 is 79.3 Å². The van der Waals surface area contributed by atoms with Crippen molar-refractivity contribution < 1.29 is 53.0 Å². The van der Waals surface area contributed by atoms with Gasteiger partial charge in [0, 0.05) is 17.9 Å². The van der Waals surface area contributed by atoms with Crippen LogP contribution in [0.1, 0.15) is 38.7 Å². The number of sulfone groups is 1. The van der Waals surface area contributed by atoms with E-state index in [-0.39, 0.29) is 12.5 Å². The summed E-state index contributed by atoms with van der Waals surface area (Å²) in [6.07, 6.45) is -2.42. The van der Waals surface area contributed by atoms with Crippen molar-refractivity contribution in [3.8, 4) is 0 Å². The summed E-state index contributed by atoms with van der Waals surface area (Å²) >= 11 is 0. The average molecular weight is 468 g/mol. The first-order chi connectivity index (χ1) is 13.6. The van der Waals surface area contributed by atoms with Gasteiger partial charge in [-0.25, -0.2) is 30.4 Å². The van der Waals surface area contributed by atoms with Crippen LogP contribution in [0.4, 0.5) is 35.1 Å². The Hall–Kier alpha value is -1.89.